The first-order valence-corrected chi connectivity index (χ1v) is 7.65. The van der Waals surface area contributed by atoms with E-state index in [1.165, 1.54) is 24.1 Å². The quantitative estimate of drug-likeness (QED) is 0.784. The van der Waals surface area contributed by atoms with E-state index in [0.717, 1.165) is 24.1 Å². The Hall–Kier alpha value is -1.39. The lowest BCUT2D eigenvalue weighted by atomic mass is 9.92. The molecule has 2 aliphatic heterocycles. The minimum atomic E-state index is 0.0443. The molecule has 0 spiro atoms. The number of pyridine rings is 1. The summed E-state index contributed by atoms with van der Waals surface area (Å²) >= 11 is 0. The number of H-pyrrole nitrogens is 1. The van der Waals surface area contributed by atoms with Gasteiger partial charge in [-0.05, 0) is 36.5 Å². The van der Waals surface area contributed by atoms with Crippen LogP contribution in [0.1, 0.15) is 43.9 Å². The van der Waals surface area contributed by atoms with Crippen LogP contribution in [0.15, 0.2) is 18.3 Å². The third-order valence-electron chi connectivity index (χ3n) is 4.88. The first kappa shape index (κ1) is 12.4. The SMILES string of the molecule is CC(C)c1c[nH]c2ccc(C34CCC(CNC3)N4)nc12. The summed E-state index contributed by atoms with van der Waals surface area (Å²) in [6.45, 7) is 6.53. The second-order valence-electron chi connectivity index (χ2n) is 6.58. The molecule has 0 aliphatic carbocycles. The van der Waals surface area contributed by atoms with Crippen LogP contribution < -0.4 is 10.6 Å². The molecule has 4 nitrogen and oxygen atoms in total. The van der Waals surface area contributed by atoms with Gasteiger partial charge in [0.05, 0.1) is 22.3 Å². The van der Waals surface area contributed by atoms with Crippen molar-refractivity contribution in [1.29, 1.82) is 0 Å². The fourth-order valence-electron chi connectivity index (χ4n) is 3.73. The number of aromatic amines is 1. The first-order valence-electron chi connectivity index (χ1n) is 7.65. The van der Waals surface area contributed by atoms with Crippen molar-refractivity contribution in [1.82, 2.24) is 20.6 Å². The predicted octanol–water partition coefficient (Wildman–Crippen LogP) is 2.24. The number of hydrogen-bond donors (Lipinski definition) is 3. The average Bonchev–Trinajstić information content (AvgIpc) is 3.00. The van der Waals surface area contributed by atoms with Gasteiger partial charge in [-0.2, -0.15) is 0 Å². The van der Waals surface area contributed by atoms with E-state index in [4.69, 9.17) is 4.98 Å². The Balaban J connectivity index is 1.82. The highest BCUT2D eigenvalue weighted by atomic mass is 15.2. The summed E-state index contributed by atoms with van der Waals surface area (Å²) in [5.74, 6) is 0.498. The number of nitrogens with one attached hydrogen (secondary N) is 3. The lowest BCUT2D eigenvalue weighted by Crippen LogP contribution is -2.56. The monoisotopic (exact) mass is 270 g/mol. The van der Waals surface area contributed by atoms with Gasteiger partial charge in [0.2, 0.25) is 0 Å². The van der Waals surface area contributed by atoms with Gasteiger partial charge in [0.15, 0.2) is 0 Å². The Bertz CT molecular complexity index is 641. The van der Waals surface area contributed by atoms with Crippen LogP contribution in [0.4, 0.5) is 0 Å². The Morgan fingerprint density at radius 1 is 1.35 bits per heavy atom. The number of rotatable bonds is 2. The van der Waals surface area contributed by atoms with Crippen molar-refractivity contribution < 1.29 is 0 Å². The molecule has 0 saturated carbocycles. The van der Waals surface area contributed by atoms with Gasteiger partial charge in [-0.25, -0.2) is 4.98 Å². The van der Waals surface area contributed by atoms with Crippen LogP contribution in [0, 0.1) is 0 Å². The molecule has 2 fully saturated rings. The van der Waals surface area contributed by atoms with E-state index in [9.17, 15) is 0 Å². The lowest BCUT2D eigenvalue weighted by Gasteiger charge is -2.34. The zero-order valence-corrected chi connectivity index (χ0v) is 12.2. The van der Waals surface area contributed by atoms with Gasteiger partial charge in [-0.15, -0.1) is 0 Å². The van der Waals surface area contributed by atoms with E-state index in [1.54, 1.807) is 0 Å². The van der Waals surface area contributed by atoms with E-state index in [1.807, 2.05) is 0 Å². The molecule has 2 aromatic heterocycles. The van der Waals surface area contributed by atoms with Gasteiger partial charge in [0, 0.05) is 25.3 Å². The summed E-state index contributed by atoms with van der Waals surface area (Å²) < 4.78 is 0. The molecule has 2 aliphatic rings. The van der Waals surface area contributed by atoms with Crippen molar-refractivity contribution in [3.63, 3.8) is 0 Å². The van der Waals surface area contributed by atoms with E-state index in [-0.39, 0.29) is 5.54 Å². The Labute approximate surface area is 119 Å². The molecule has 4 heterocycles. The molecule has 2 saturated heterocycles. The van der Waals surface area contributed by atoms with Crippen LogP contribution in [-0.2, 0) is 5.54 Å². The standard InChI is InChI=1S/C16H22N4/c1-10(2)12-8-18-13-3-4-14(19-15(12)13)16-6-5-11(20-16)7-17-9-16/h3-4,8,10-11,17-18,20H,5-7,9H2,1-2H3. The van der Waals surface area contributed by atoms with Gasteiger partial charge >= 0.3 is 0 Å². The van der Waals surface area contributed by atoms with E-state index in [2.05, 4.69) is 47.8 Å². The van der Waals surface area contributed by atoms with E-state index >= 15 is 0 Å². The summed E-state index contributed by atoms with van der Waals surface area (Å²) in [6.07, 6.45) is 4.54. The second kappa shape index (κ2) is 4.30. The summed E-state index contributed by atoms with van der Waals surface area (Å²) in [6, 6.07) is 4.98. The second-order valence-corrected chi connectivity index (χ2v) is 6.58. The third kappa shape index (κ3) is 1.71. The van der Waals surface area contributed by atoms with Crippen LogP contribution in [0.2, 0.25) is 0 Å². The Morgan fingerprint density at radius 2 is 2.25 bits per heavy atom. The van der Waals surface area contributed by atoms with Crippen LogP contribution in [0.5, 0.6) is 0 Å². The Morgan fingerprint density at radius 3 is 3.10 bits per heavy atom. The molecule has 4 heteroatoms. The topological polar surface area (TPSA) is 52.7 Å². The molecular weight excluding hydrogens is 248 g/mol. The van der Waals surface area contributed by atoms with Crippen molar-refractivity contribution in [2.75, 3.05) is 13.1 Å². The molecule has 3 N–H and O–H groups in total. The van der Waals surface area contributed by atoms with Gasteiger partial charge in [0.1, 0.15) is 0 Å². The van der Waals surface area contributed by atoms with Crippen molar-refractivity contribution >= 4 is 11.0 Å². The molecule has 0 amide bonds. The maximum Gasteiger partial charge on any atom is 0.0917 e. The van der Waals surface area contributed by atoms with Crippen molar-refractivity contribution in [2.45, 2.75) is 44.2 Å². The molecular formula is C16H22N4. The van der Waals surface area contributed by atoms with Crippen LogP contribution in [0.3, 0.4) is 0 Å². The molecule has 2 aromatic rings. The summed E-state index contributed by atoms with van der Waals surface area (Å²) in [7, 11) is 0. The fourth-order valence-corrected chi connectivity index (χ4v) is 3.73. The van der Waals surface area contributed by atoms with Crippen molar-refractivity contribution in [3.05, 3.63) is 29.6 Å². The minimum absolute atomic E-state index is 0.0443. The van der Waals surface area contributed by atoms with Crippen LogP contribution in [-0.4, -0.2) is 29.1 Å². The number of aromatic nitrogens is 2. The van der Waals surface area contributed by atoms with Gasteiger partial charge in [0.25, 0.3) is 0 Å². The smallest absolute Gasteiger partial charge is 0.0917 e. The highest BCUT2D eigenvalue weighted by molar-refractivity contribution is 5.79. The predicted molar refractivity (Wildman–Crippen MR) is 80.9 cm³/mol. The molecule has 4 rings (SSSR count). The highest BCUT2D eigenvalue weighted by Crippen LogP contribution is 2.35. The molecule has 106 valence electrons. The zero-order chi connectivity index (χ0) is 13.7. The van der Waals surface area contributed by atoms with Gasteiger partial charge < -0.3 is 15.6 Å². The van der Waals surface area contributed by atoms with Crippen molar-refractivity contribution in [3.8, 4) is 0 Å². The third-order valence-corrected chi connectivity index (χ3v) is 4.88. The molecule has 0 radical (unpaired) electrons. The number of piperazine rings is 1. The van der Waals surface area contributed by atoms with E-state index < -0.39 is 0 Å². The molecule has 2 bridgehead atoms. The largest absolute Gasteiger partial charge is 0.360 e. The average molecular weight is 270 g/mol. The number of nitrogens with zero attached hydrogens (tertiary/aromatic N) is 1. The summed E-state index contributed by atoms with van der Waals surface area (Å²) in [5, 5.41) is 7.35. The molecule has 2 atom stereocenters. The van der Waals surface area contributed by atoms with Crippen molar-refractivity contribution in [2.24, 2.45) is 0 Å². The molecule has 0 aromatic carbocycles. The number of hydrogen-bond acceptors (Lipinski definition) is 3. The first-order chi connectivity index (χ1) is 9.68. The number of fused-ring (bicyclic) bond motifs is 3. The summed E-state index contributed by atoms with van der Waals surface area (Å²) in [5.41, 5.74) is 4.84. The fraction of sp³-hybridized carbons (Fsp3) is 0.562. The van der Waals surface area contributed by atoms with Crippen LogP contribution in [0.25, 0.3) is 11.0 Å². The zero-order valence-electron chi connectivity index (χ0n) is 12.2. The van der Waals surface area contributed by atoms with E-state index in [0.29, 0.717) is 12.0 Å². The minimum Gasteiger partial charge on any atom is -0.360 e. The van der Waals surface area contributed by atoms with Crippen LogP contribution >= 0.6 is 0 Å². The Kier molecular flexibility index (Phi) is 2.66. The highest BCUT2D eigenvalue weighted by Gasteiger charge is 2.43. The lowest BCUT2D eigenvalue weighted by molar-refractivity contribution is 0.293. The maximum absolute atomic E-state index is 5.02. The molecule has 2 unspecified atom stereocenters. The summed E-state index contributed by atoms with van der Waals surface area (Å²) in [4.78, 5) is 8.36. The maximum atomic E-state index is 5.02. The van der Waals surface area contributed by atoms with Gasteiger partial charge in [-0.1, -0.05) is 13.8 Å². The van der Waals surface area contributed by atoms with Gasteiger partial charge in [-0.3, -0.25) is 0 Å². The molecule has 20 heavy (non-hydrogen) atoms. The normalized spacial score (nSPS) is 29.4.